The van der Waals surface area contributed by atoms with E-state index in [-0.39, 0.29) is 23.9 Å². The molecule has 0 radical (unpaired) electrons. The van der Waals surface area contributed by atoms with Gasteiger partial charge in [-0.15, -0.1) is 12.4 Å². The van der Waals surface area contributed by atoms with Crippen LogP contribution in [0.15, 0.2) is 36.7 Å². The molecule has 0 bridgehead atoms. The van der Waals surface area contributed by atoms with Crippen molar-refractivity contribution in [3.63, 3.8) is 0 Å². The van der Waals surface area contributed by atoms with E-state index >= 15 is 0 Å². The Bertz CT molecular complexity index is 639. The van der Waals surface area contributed by atoms with E-state index in [1.807, 2.05) is 0 Å². The molecule has 0 aliphatic rings. The van der Waals surface area contributed by atoms with Crippen molar-refractivity contribution < 1.29 is 14.5 Å². The van der Waals surface area contributed by atoms with Gasteiger partial charge < -0.3 is 9.30 Å². The highest BCUT2D eigenvalue weighted by atomic mass is 35.5. The van der Waals surface area contributed by atoms with Crippen LogP contribution in [0.4, 0.5) is 5.69 Å². The minimum absolute atomic E-state index is 0. The second-order valence-electron chi connectivity index (χ2n) is 4.26. The molecular weight excluding hydrogens is 298 g/mol. The zero-order valence-electron chi connectivity index (χ0n) is 11.4. The molecule has 0 saturated heterocycles. The van der Waals surface area contributed by atoms with E-state index in [0.29, 0.717) is 5.56 Å². The molecule has 0 amide bonds. The molecule has 1 heterocycles. The number of carbonyl (C=O) groups excluding carboxylic acids is 1. The molecular formula is C13H14ClN3O4. The smallest absolute Gasteiger partial charge is 0.375 e. The molecule has 0 saturated carbocycles. The molecule has 1 aromatic heterocycles. The lowest BCUT2D eigenvalue weighted by atomic mass is 10.1. The van der Waals surface area contributed by atoms with Gasteiger partial charge in [0.25, 0.3) is 5.69 Å². The van der Waals surface area contributed by atoms with E-state index in [2.05, 4.69) is 4.98 Å². The minimum atomic E-state index is -0.539. The highest BCUT2D eigenvalue weighted by Gasteiger charge is 2.17. The number of non-ortho nitro benzene ring substituents is 1. The number of esters is 1. The zero-order valence-corrected chi connectivity index (χ0v) is 12.2. The highest BCUT2D eigenvalue weighted by molar-refractivity contribution is 5.85. The number of carbonyl (C=O) groups is 1. The maximum Gasteiger partial charge on any atom is 0.375 e. The van der Waals surface area contributed by atoms with Crippen LogP contribution < -0.4 is 0 Å². The van der Waals surface area contributed by atoms with Crippen LogP contribution in [-0.4, -0.2) is 20.4 Å². The maximum atomic E-state index is 11.9. The number of nitro benzene ring substituents is 1. The van der Waals surface area contributed by atoms with Crippen molar-refractivity contribution in [3.8, 4) is 0 Å². The Morgan fingerprint density at radius 2 is 2.00 bits per heavy atom. The monoisotopic (exact) mass is 311 g/mol. The number of nitrogens with zero attached hydrogens (tertiary/aromatic N) is 3. The summed E-state index contributed by atoms with van der Waals surface area (Å²) in [5.74, 6) is -0.331. The van der Waals surface area contributed by atoms with Gasteiger partial charge >= 0.3 is 5.97 Å². The number of nitro groups is 1. The first kappa shape index (κ1) is 16.6. The van der Waals surface area contributed by atoms with E-state index in [1.54, 1.807) is 36.9 Å². The normalized spacial score (nSPS) is 11.3. The van der Waals surface area contributed by atoms with Crippen molar-refractivity contribution in [1.29, 1.82) is 0 Å². The summed E-state index contributed by atoms with van der Waals surface area (Å²) in [7, 11) is 1.69. The number of imidazole rings is 1. The van der Waals surface area contributed by atoms with Crippen LogP contribution in [0, 0.1) is 10.1 Å². The summed E-state index contributed by atoms with van der Waals surface area (Å²) in [5.41, 5.74) is 0.675. The number of aryl methyl sites for hydroxylation is 1. The Kier molecular flexibility index (Phi) is 5.43. The fourth-order valence-corrected chi connectivity index (χ4v) is 1.71. The minimum Gasteiger partial charge on any atom is -0.452 e. The van der Waals surface area contributed by atoms with Gasteiger partial charge in [-0.05, 0) is 24.6 Å². The van der Waals surface area contributed by atoms with Gasteiger partial charge in [-0.3, -0.25) is 10.1 Å². The van der Waals surface area contributed by atoms with E-state index in [9.17, 15) is 14.9 Å². The SMILES string of the molecule is CC(OC(=O)c1nccn1C)c1ccc([N+](=O)[O-])cc1.Cl. The first-order chi connectivity index (χ1) is 9.49. The number of hydrogen-bond acceptors (Lipinski definition) is 5. The molecule has 0 N–H and O–H groups in total. The number of ether oxygens (including phenoxy) is 1. The molecule has 2 rings (SSSR count). The number of benzene rings is 1. The number of aromatic nitrogens is 2. The Hall–Kier alpha value is -2.41. The second kappa shape index (κ2) is 6.85. The molecule has 1 aromatic carbocycles. The van der Waals surface area contributed by atoms with Gasteiger partial charge in [0.15, 0.2) is 0 Å². The van der Waals surface area contributed by atoms with E-state index in [1.165, 1.54) is 18.3 Å². The van der Waals surface area contributed by atoms with Gasteiger partial charge in [0, 0.05) is 31.6 Å². The predicted octanol–water partition coefficient (Wildman–Crippen LogP) is 2.67. The molecule has 0 spiro atoms. The van der Waals surface area contributed by atoms with Crippen LogP contribution in [0.2, 0.25) is 0 Å². The largest absolute Gasteiger partial charge is 0.452 e. The van der Waals surface area contributed by atoms with Gasteiger partial charge in [-0.1, -0.05) is 0 Å². The number of hydrogen-bond donors (Lipinski definition) is 0. The molecule has 21 heavy (non-hydrogen) atoms. The van der Waals surface area contributed by atoms with Crippen molar-refractivity contribution in [2.45, 2.75) is 13.0 Å². The Morgan fingerprint density at radius 1 is 1.38 bits per heavy atom. The van der Waals surface area contributed by atoms with Crippen LogP contribution >= 0.6 is 12.4 Å². The molecule has 0 fully saturated rings. The third-order valence-corrected chi connectivity index (χ3v) is 2.86. The molecule has 112 valence electrons. The van der Waals surface area contributed by atoms with E-state index in [4.69, 9.17) is 4.74 Å². The van der Waals surface area contributed by atoms with Crippen LogP contribution in [0.3, 0.4) is 0 Å². The molecule has 8 heteroatoms. The van der Waals surface area contributed by atoms with Gasteiger partial charge in [-0.2, -0.15) is 0 Å². The topological polar surface area (TPSA) is 87.3 Å². The van der Waals surface area contributed by atoms with Crippen molar-refractivity contribution in [1.82, 2.24) is 9.55 Å². The summed E-state index contributed by atoms with van der Waals surface area (Å²) in [5, 5.41) is 10.6. The quantitative estimate of drug-likeness (QED) is 0.492. The van der Waals surface area contributed by atoms with Crippen LogP contribution in [0.1, 0.15) is 29.2 Å². The average Bonchev–Trinajstić information content (AvgIpc) is 2.85. The third-order valence-electron chi connectivity index (χ3n) is 2.86. The molecule has 7 nitrogen and oxygen atoms in total. The number of rotatable bonds is 4. The van der Waals surface area contributed by atoms with Crippen LogP contribution in [0.5, 0.6) is 0 Å². The molecule has 1 atom stereocenters. The molecule has 0 aliphatic heterocycles. The van der Waals surface area contributed by atoms with Gasteiger partial charge in [0.1, 0.15) is 6.10 Å². The van der Waals surface area contributed by atoms with Crippen molar-refractivity contribution in [3.05, 3.63) is 58.2 Å². The summed E-state index contributed by atoms with van der Waals surface area (Å²) < 4.78 is 6.83. The van der Waals surface area contributed by atoms with Crippen molar-refractivity contribution in [2.24, 2.45) is 7.05 Å². The molecule has 2 aromatic rings. The summed E-state index contributed by atoms with van der Waals surface area (Å²) in [6.07, 6.45) is 2.64. The maximum absolute atomic E-state index is 11.9. The van der Waals surface area contributed by atoms with Gasteiger partial charge in [0.2, 0.25) is 5.82 Å². The summed E-state index contributed by atoms with van der Waals surface area (Å²) in [4.78, 5) is 25.9. The van der Waals surface area contributed by atoms with E-state index in [0.717, 1.165) is 0 Å². The van der Waals surface area contributed by atoms with Crippen LogP contribution in [-0.2, 0) is 11.8 Å². The first-order valence-corrected chi connectivity index (χ1v) is 5.91. The Morgan fingerprint density at radius 3 is 2.48 bits per heavy atom. The number of halogens is 1. The standard InChI is InChI=1S/C13H13N3O4.ClH/c1-9(10-3-5-11(6-4-10)16(18)19)20-13(17)12-14-7-8-15(12)2;/h3-9H,1-2H3;1H. The Balaban J connectivity index is 0.00000220. The fourth-order valence-electron chi connectivity index (χ4n) is 1.71. The summed E-state index contributed by atoms with van der Waals surface area (Å²) in [6.45, 7) is 1.70. The lowest BCUT2D eigenvalue weighted by molar-refractivity contribution is -0.384. The summed E-state index contributed by atoms with van der Waals surface area (Å²) >= 11 is 0. The Labute approximate surface area is 127 Å². The lowest BCUT2D eigenvalue weighted by Gasteiger charge is -2.13. The first-order valence-electron chi connectivity index (χ1n) is 5.91. The second-order valence-corrected chi connectivity index (χ2v) is 4.26. The van der Waals surface area contributed by atoms with E-state index < -0.39 is 17.0 Å². The fraction of sp³-hybridized carbons (Fsp3) is 0.231. The van der Waals surface area contributed by atoms with Crippen molar-refractivity contribution >= 4 is 24.1 Å². The average molecular weight is 312 g/mol. The van der Waals surface area contributed by atoms with Crippen molar-refractivity contribution in [2.75, 3.05) is 0 Å². The zero-order chi connectivity index (χ0) is 14.7. The predicted molar refractivity (Wildman–Crippen MR) is 77.4 cm³/mol. The van der Waals surface area contributed by atoms with Gasteiger partial charge in [-0.25, -0.2) is 9.78 Å². The highest BCUT2D eigenvalue weighted by Crippen LogP contribution is 2.21. The molecule has 1 unspecified atom stereocenters. The summed E-state index contributed by atoms with van der Waals surface area (Å²) in [6, 6.07) is 5.88. The van der Waals surface area contributed by atoms with Crippen LogP contribution in [0.25, 0.3) is 0 Å². The van der Waals surface area contributed by atoms with Gasteiger partial charge in [0.05, 0.1) is 4.92 Å². The molecule has 0 aliphatic carbocycles. The lowest BCUT2D eigenvalue weighted by Crippen LogP contribution is -2.13. The third kappa shape index (κ3) is 3.79.